The summed E-state index contributed by atoms with van der Waals surface area (Å²) in [6.45, 7) is 5.74. The molecule has 2 amide bonds. The lowest BCUT2D eigenvalue weighted by atomic mass is 10.1. The molecule has 1 unspecified atom stereocenters. The van der Waals surface area contributed by atoms with Crippen LogP contribution in [0.3, 0.4) is 0 Å². The van der Waals surface area contributed by atoms with Gasteiger partial charge in [0.05, 0.1) is 5.69 Å². The van der Waals surface area contributed by atoms with E-state index < -0.39 is 12.2 Å². The molecule has 0 radical (unpaired) electrons. The predicted molar refractivity (Wildman–Crippen MR) is 154 cm³/mol. The van der Waals surface area contributed by atoms with Crippen molar-refractivity contribution < 1.29 is 28.9 Å². The number of anilines is 2. The molecule has 0 fully saturated rings. The van der Waals surface area contributed by atoms with E-state index in [0.29, 0.717) is 29.4 Å². The number of phenolic OH excluding ortho intramolecular Hbond substituents is 1. The van der Waals surface area contributed by atoms with E-state index in [4.69, 9.17) is 14.2 Å². The van der Waals surface area contributed by atoms with Crippen molar-refractivity contribution in [1.29, 1.82) is 0 Å². The van der Waals surface area contributed by atoms with Crippen LogP contribution in [0.5, 0.6) is 23.0 Å². The van der Waals surface area contributed by atoms with Gasteiger partial charge in [0.15, 0.2) is 6.10 Å². The largest absolute Gasteiger partial charge is 0.506 e. The van der Waals surface area contributed by atoms with Crippen molar-refractivity contribution in [3.05, 3.63) is 108 Å². The number of carbonyl (C=O) groups excluding carboxylic acids is 2. The van der Waals surface area contributed by atoms with Crippen LogP contribution in [-0.2, 0) is 16.1 Å². The number of aromatic hydroxyl groups is 1. The molecule has 0 saturated carbocycles. The molecule has 0 aromatic heterocycles. The average molecular weight is 541 g/mol. The molecule has 8 heteroatoms. The van der Waals surface area contributed by atoms with Gasteiger partial charge in [0, 0.05) is 11.8 Å². The minimum absolute atomic E-state index is 0.0997. The van der Waals surface area contributed by atoms with E-state index >= 15 is 0 Å². The van der Waals surface area contributed by atoms with Crippen molar-refractivity contribution >= 4 is 23.4 Å². The zero-order chi connectivity index (χ0) is 28.5. The van der Waals surface area contributed by atoms with E-state index in [1.54, 1.807) is 36.4 Å². The number of ether oxygens (including phenoxy) is 3. The summed E-state index contributed by atoms with van der Waals surface area (Å²) in [5.41, 5.74) is 3.22. The van der Waals surface area contributed by atoms with Gasteiger partial charge in [-0.3, -0.25) is 10.1 Å². The quantitative estimate of drug-likeness (QED) is 0.182. The highest BCUT2D eigenvalue weighted by Gasteiger charge is 2.20. The number of amides is 2. The highest BCUT2D eigenvalue weighted by atomic mass is 16.5. The van der Waals surface area contributed by atoms with Crippen molar-refractivity contribution in [2.75, 3.05) is 10.6 Å². The average Bonchev–Trinajstić information content (AvgIpc) is 2.95. The molecule has 8 nitrogen and oxygen atoms in total. The standard InChI is InChI=1S/C32H32N2O6/c1-4-29(39-25-13-9-6-10-14-25)31(36)34-27-19-26(15-16-28(27)35)40-30-21(2)17-24(18-22(30)3)33-32(37)38-20-23-11-7-5-8-12-23/h5-19,29,35H,4,20H2,1-3H3,(H,33,37)(H,34,36). The van der Waals surface area contributed by atoms with Gasteiger partial charge in [-0.1, -0.05) is 55.5 Å². The van der Waals surface area contributed by atoms with Gasteiger partial charge in [-0.15, -0.1) is 0 Å². The van der Waals surface area contributed by atoms with E-state index in [0.717, 1.165) is 16.7 Å². The summed E-state index contributed by atoms with van der Waals surface area (Å²) >= 11 is 0. The number of phenols is 1. The van der Waals surface area contributed by atoms with Gasteiger partial charge >= 0.3 is 6.09 Å². The molecule has 0 aliphatic heterocycles. The second-order valence-corrected chi connectivity index (χ2v) is 9.22. The molecule has 0 spiro atoms. The monoisotopic (exact) mass is 540 g/mol. The molecule has 1 atom stereocenters. The van der Waals surface area contributed by atoms with Crippen LogP contribution < -0.4 is 20.1 Å². The molecule has 0 bridgehead atoms. The van der Waals surface area contributed by atoms with Crippen molar-refractivity contribution in [1.82, 2.24) is 0 Å². The first-order chi connectivity index (χ1) is 19.3. The Morgan fingerprint density at radius 3 is 2.12 bits per heavy atom. The van der Waals surface area contributed by atoms with Gasteiger partial charge in [-0.25, -0.2) is 4.79 Å². The Bertz CT molecular complexity index is 1430. The van der Waals surface area contributed by atoms with Crippen LogP contribution in [0, 0.1) is 13.8 Å². The van der Waals surface area contributed by atoms with Gasteiger partial charge in [-0.2, -0.15) is 0 Å². The van der Waals surface area contributed by atoms with Gasteiger partial charge < -0.3 is 24.6 Å². The summed E-state index contributed by atoms with van der Waals surface area (Å²) in [5, 5.41) is 15.9. The number of hydrogen-bond donors (Lipinski definition) is 3. The molecule has 0 saturated heterocycles. The highest BCUT2D eigenvalue weighted by Crippen LogP contribution is 2.35. The maximum Gasteiger partial charge on any atom is 0.411 e. The van der Waals surface area contributed by atoms with Crippen molar-refractivity contribution in [3.8, 4) is 23.0 Å². The molecule has 0 aliphatic carbocycles. The van der Waals surface area contributed by atoms with Crippen LogP contribution in [0.1, 0.15) is 30.0 Å². The van der Waals surface area contributed by atoms with E-state index in [-0.39, 0.29) is 24.0 Å². The predicted octanol–water partition coefficient (Wildman–Crippen LogP) is 7.35. The molecule has 4 aromatic rings. The van der Waals surface area contributed by atoms with Crippen LogP contribution in [0.15, 0.2) is 91.0 Å². The van der Waals surface area contributed by atoms with Crippen molar-refractivity contribution in [2.24, 2.45) is 0 Å². The fourth-order valence-corrected chi connectivity index (χ4v) is 4.06. The third-order valence-electron chi connectivity index (χ3n) is 6.05. The maximum atomic E-state index is 12.9. The molecular weight excluding hydrogens is 508 g/mol. The van der Waals surface area contributed by atoms with Gasteiger partial charge in [0.1, 0.15) is 29.6 Å². The van der Waals surface area contributed by atoms with Crippen LogP contribution in [0.25, 0.3) is 0 Å². The SMILES string of the molecule is CCC(Oc1ccccc1)C(=O)Nc1cc(Oc2c(C)cc(NC(=O)OCc3ccccc3)cc2C)ccc1O. The summed E-state index contributed by atoms with van der Waals surface area (Å²) in [6.07, 6.45) is -0.858. The third-order valence-corrected chi connectivity index (χ3v) is 6.05. The fourth-order valence-electron chi connectivity index (χ4n) is 4.06. The van der Waals surface area contributed by atoms with Gasteiger partial charge in [0.25, 0.3) is 5.91 Å². The number of para-hydroxylation sites is 1. The Hall–Kier alpha value is -4.98. The number of aryl methyl sites for hydroxylation is 2. The van der Waals surface area contributed by atoms with Crippen molar-refractivity contribution in [2.45, 2.75) is 39.9 Å². The Kier molecular flexibility index (Phi) is 9.25. The molecule has 3 N–H and O–H groups in total. The second kappa shape index (κ2) is 13.2. The Labute approximate surface area is 233 Å². The van der Waals surface area contributed by atoms with Crippen molar-refractivity contribution in [3.63, 3.8) is 0 Å². The van der Waals surface area contributed by atoms with Gasteiger partial charge in [-0.05, 0) is 73.4 Å². The van der Waals surface area contributed by atoms with E-state index in [2.05, 4.69) is 10.6 Å². The number of hydrogen-bond acceptors (Lipinski definition) is 6. The Balaban J connectivity index is 1.41. The van der Waals surface area contributed by atoms with E-state index in [1.165, 1.54) is 6.07 Å². The lowest BCUT2D eigenvalue weighted by Gasteiger charge is -2.18. The lowest BCUT2D eigenvalue weighted by molar-refractivity contribution is -0.122. The number of carbonyl (C=O) groups is 2. The minimum atomic E-state index is -0.740. The second-order valence-electron chi connectivity index (χ2n) is 9.22. The van der Waals surface area contributed by atoms with E-state index in [9.17, 15) is 14.7 Å². The summed E-state index contributed by atoms with van der Waals surface area (Å²) in [4.78, 5) is 25.2. The third kappa shape index (κ3) is 7.54. The summed E-state index contributed by atoms with van der Waals surface area (Å²) in [7, 11) is 0. The molecule has 4 aromatic carbocycles. The van der Waals surface area contributed by atoms with Crippen LogP contribution in [0.4, 0.5) is 16.2 Å². The smallest absolute Gasteiger partial charge is 0.411 e. The lowest BCUT2D eigenvalue weighted by Crippen LogP contribution is -2.32. The molecule has 40 heavy (non-hydrogen) atoms. The minimum Gasteiger partial charge on any atom is -0.506 e. The molecular formula is C32H32N2O6. The Morgan fingerprint density at radius 2 is 1.48 bits per heavy atom. The first kappa shape index (κ1) is 28.0. The molecule has 206 valence electrons. The van der Waals surface area contributed by atoms with Crippen LogP contribution in [-0.4, -0.2) is 23.2 Å². The highest BCUT2D eigenvalue weighted by molar-refractivity contribution is 5.95. The molecule has 0 aliphatic rings. The fraction of sp³-hybridized carbons (Fsp3) is 0.188. The number of benzene rings is 4. The van der Waals surface area contributed by atoms with Gasteiger partial charge in [0.2, 0.25) is 0 Å². The maximum absolute atomic E-state index is 12.9. The molecule has 0 heterocycles. The summed E-state index contributed by atoms with van der Waals surface area (Å²) < 4.78 is 17.2. The molecule has 4 rings (SSSR count). The Morgan fingerprint density at radius 1 is 0.825 bits per heavy atom. The topological polar surface area (TPSA) is 106 Å². The zero-order valence-electron chi connectivity index (χ0n) is 22.6. The zero-order valence-corrected chi connectivity index (χ0v) is 22.6. The normalized spacial score (nSPS) is 11.3. The van der Waals surface area contributed by atoms with Crippen LogP contribution in [0.2, 0.25) is 0 Å². The first-order valence-corrected chi connectivity index (χ1v) is 12.9. The van der Waals surface area contributed by atoms with E-state index in [1.807, 2.05) is 69.3 Å². The van der Waals surface area contributed by atoms with Crippen LogP contribution >= 0.6 is 0 Å². The summed E-state index contributed by atoms with van der Waals surface area (Å²) in [6, 6.07) is 26.7. The number of rotatable bonds is 10. The summed E-state index contributed by atoms with van der Waals surface area (Å²) in [5.74, 6) is 1.10. The first-order valence-electron chi connectivity index (χ1n) is 12.9. The number of nitrogens with one attached hydrogen (secondary N) is 2.